The maximum atomic E-state index is 11.6. The summed E-state index contributed by atoms with van der Waals surface area (Å²) in [6, 6.07) is 8.01. The Morgan fingerprint density at radius 2 is 1.89 bits per heavy atom. The minimum Gasteiger partial charge on any atom is -0.375 e. The third-order valence-electron chi connectivity index (χ3n) is 2.95. The molecule has 1 rings (SSSR count). The fraction of sp³-hybridized carbons (Fsp3) is 0.533. The predicted octanol–water partition coefficient (Wildman–Crippen LogP) is 3.52. The highest BCUT2D eigenvalue weighted by Gasteiger charge is 2.07. The predicted molar refractivity (Wildman–Crippen MR) is 78.1 cm³/mol. The van der Waals surface area contributed by atoms with Gasteiger partial charge in [0.15, 0.2) is 0 Å². The van der Waals surface area contributed by atoms with Crippen LogP contribution in [-0.4, -0.2) is 19.5 Å². The van der Waals surface area contributed by atoms with E-state index in [0.717, 1.165) is 12.2 Å². The van der Waals surface area contributed by atoms with Crippen LogP contribution in [0.4, 0.5) is 11.4 Å². The first-order chi connectivity index (χ1) is 8.54. The topological polar surface area (TPSA) is 32.3 Å². The van der Waals surface area contributed by atoms with Gasteiger partial charge in [-0.1, -0.05) is 27.2 Å². The molecule has 3 nitrogen and oxygen atoms in total. The van der Waals surface area contributed by atoms with Gasteiger partial charge in [-0.2, -0.15) is 0 Å². The zero-order chi connectivity index (χ0) is 13.5. The molecule has 0 unspecified atom stereocenters. The lowest BCUT2D eigenvalue weighted by atomic mass is 10.2. The average molecular weight is 248 g/mol. The largest absolute Gasteiger partial charge is 0.375 e. The summed E-state index contributed by atoms with van der Waals surface area (Å²) in [5, 5.41) is 2.89. The first kappa shape index (κ1) is 14.6. The van der Waals surface area contributed by atoms with Crippen molar-refractivity contribution in [2.24, 2.45) is 5.92 Å². The number of carbonyl (C=O) groups excluding carboxylic acids is 1. The zero-order valence-corrected chi connectivity index (χ0v) is 11.9. The van der Waals surface area contributed by atoms with Crippen LogP contribution >= 0.6 is 0 Å². The molecule has 1 aromatic rings. The van der Waals surface area contributed by atoms with E-state index in [2.05, 4.69) is 24.2 Å². The maximum Gasteiger partial charge on any atom is 0.226 e. The SMILES string of the molecule is CCCCN(C)c1ccc(NC(=O)C(C)C)cc1. The first-order valence-electron chi connectivity index (χ1n) is 6.66. The minimum atomic E-state index is 0.0110. The number of amides is 1. The molecule has 1 amide bonds. The Morgan fingerprint density at radius 3 is 2.39 bits per heavy atom. The number of hydrogen-bond donors (Lipinski definition) is 1. The monoisotopic (exact) mass is 248 g/mol. The average Bonchev–Trinajstić information content (AvgIpc) is 2.36. The summed E-state index contributed by atoms with van der Waals surface area (Å²) in [5.41, 5.74) is 2.05. The molecule has 0 bridgehead atoms. The van der Waals surface area contributed by atoms with Crippen molar-refractivity contribution in [3.05, 3.63) is 24.3 Å². The smallest absolute Gasteiger partial charge is 0.226 e. The fourth-order valence-electron chi connectivity index (χ4n) is 1.61. The molecule has 3 heteroatoms. The van der Waals surface area contributed by atoms with Gasteiger partial charge in [0.25, 0.3) is 0 Å². The normalized spacial score (nSPS) is 10.5. The Morgan fingerprint density at radius 1 is 1.28 bits per heavy atom. The van der Waals surface area contributed by atoms with E-state index in [1.165, 1.54) is 18.5 Å². The molecule has 0 aromatic heterocycles. The summed E-state index contributed by atoms with van der Waals surface area (Å²) < 4.78 is 0. The van der Waals surface area contributed by atoms with Crippen molar-refractivity contribution in [2.45, 2.75) is 33.6 Å². The standard InChI is InChI=1S/C15H24N2O/c1-5-6-11-17(4)14-9-7-13(8-10-14)16-15(18)12(2)3/h7-10,12H,5-6,11H2,1-4H3,(H,16,18). The van der Waals surface area contributed by atoms with Gasteiger partial charge in [-0.15, -0.1) is 0 Å². The summed E-state index contributed by atoms with van der Waals surface area (Å²) in [7, 11) is 2.09. The summed E-state index contributed by atoms with van der Waals surface area (Å²) >= 11 is 0. The Balaban J connectivity index is 2.59. The number of benzene rings is 1. The second kappa shape index (κ2) is 7.04. The van der Waals surface area contributed by atoms with Crippen LogP contribution in [-0.2, 0) is 4.79 Å². The van der Waals surface area contributed by atoms with Crippen molar-refractivity contribution in [2.75, 3.05) is 23.8 Å². The van der Waals surface area contributed by atoms with Crippen LogP contribution in [0.15, 0.2) is 24.3 Å². The van der Waals surface area contributed by atoms with Gasteiger partial charge in [0.05, 0.1) is 0 Å². The van der Waals surface area contributed by atoms with Crippen LogP contribution in [0, 0.1) is 5.92 Å². The number of carbonyl (C=O) groups is 1. The van der Waals surface area contributed by atoms with Gasteiger partial charge in [0.2, 0.25) is 5.91 Å². The lowest BCUT2D eigenvalue weighted by molar-refractivity contribution is -0.118. The Hall–Kier alpha value is -1.51. The van der Waals surface area contributed by atoms with E-state index in [1.54, 1.807) is 0 Å². The lowest BCUT2D eigenvalue weighted by Gasteiger charge is -2.19. The molecular formula is C15H24N2O. The molecule has 0 radical (unpaired) electrons. The second-order valence-electron chi connectivity index (χ2n) is 4.97. The molecule has 0 saturated carbocycles. The molecule has 1 aromatic carbocycles. The van der Waals surface area contributed by atoms with Gasteiger partial charge < -0.3 is 10.2 Å². The second-order valence-corrected chi connectivity index (χ2v) is 4.97. The number of nitrogens with zero attached hydrogens (tertiary/aromatic N) is 1. The summed E-state index contributed by atoms with van der Waals surface area (Å²) in [4.78, 5) is 13.8. The molecule has 1 N–H and O–H groups in total. The van der Waals surface area contributed by atoms with Gasteiger partial charge in [-0.3, -0.25) is 4.79 Å². The van der Waals surface area contributed by atoms with Crippen molar-refractivity contribution >= 4 is 17.3 Å². The summed E-state index contributed by atoms with van der Waals surface area (Å²) in [5.74, 6) is 0.0685. The van der Waals surface area contributed by atoms with Gasteiger partial charge in [-0.05, 0) is 30.7 Å². The van der Waals surface area contributed by atoms with Gasteiger partial charge in [0.1, 0.15) is 0 Å². The Bertz CT molecular complexity index is 371. The van der Waals surface area contributed by atoms with E-state index in [1.807, 2.05) is 38.1 Å². The molecule has 0 spiro atoms. The summed E-state index contributed by atoms with van der Waals surface area (Å²) in [6.07, 6.45) is 2.40. The van der Waals surface area contributed by atoms with Crippen LogP contribution < -0.4 is 10.2 Å². The maximum absolute atomic E-state index is 11.6. The number of anilines is 2. The molecule has 0 saturated heterocycles. The van der Waals surface area contributed by atoms with Crippen molar-refractivity contribution in [3.8, 4) is 0 Å². The van der Waals surface area contributed by atoms with Crippen LogP contribution in [0.5, 0.6) is 0 Å². The lowest BCUT2D eigenvalue weighted by Crippen LogP contribution is -2.19. The number of hydrogen-bond acceptors (Lipinski definition) is 2. The number of unbranched alkanes of at least 4 members (excludes halogenated alkanes) is 1. The van der Waals surface area contributed by atoms with Crippen molar-refractivity contribution < 1.29 is 4.79 Å². The van der Waals surface area contributed by atoms with Gasteiger partial charge in [0, 0.05) is 30.9 Å². The highest BCUT2D eigenvalue weighted by Crippen LogP contribution is 2.17. The highest BCUT2D eigenvalue weighted by molar-refractivity contribution is 5.92. The molecule has 0 atom stereocenters. The van der Waals surface area contributed by atoms with E-state index in [4.69, 9.17) is 0 Å². The minimum absolute atomic E-state index is 0.0110. The van der Waals surface area contributed by atoms with Crippen LogP contribution in [0.25, 0.3) is 0 Å². The van der Waals surface area contributed by atoms with Gasteiger partial charge in [-0.25, -0.2) is 0 Å². The molecule has 18 heavy (non-hydrogen) atoms. The molecular weight excluding hydrogens is 224 g/mol. The third kappa shape index (κ3) is 4.40. The molecule has 0 heterocycles. The number of nitrogens with one attached hydrogen (secondary N) is 1. The first-order valence-corrected chi connectivity index (χ1v) is 6.66. The van der Waals surface area contributed by atoms with E-state index < -0.39 is 0 Å². The van der Waals surface area contributed by atoms with Crippen LogP contribution in [0.3, 0.4) is 0 Å². The molecule has 0 aliphatic carbocycles. The van der Waals surface area contributed by atoms with Crippen molar-refractivity contribution in [1.29, 1.82) is 0 Å². The van der Waals surface area contributed by atoms with E-state index in [-0.39, 0.29) is 11.8 Å². The molecule has 0 aliphatic heterocycles. The van der Waals surface area contributed by atoms with Crippen LogP contribution in [0.2, 0.25) is 0 Å². The van der Waals surface area contributed by atoms with E-state index in [9.17, 15) is 4.79 Å². The Labute approximate surface area is 110 Å². The fourth-order valence-corrected chi connectivity index (χ4v) is 1.61. The van der Waals surface area contributed by atoms with Crippen LogP contribution in [0.1, 0.15) is 33.6 Å². The highest BCUT2D eigenvalue weighted by atomic mass is 16.1. The molecule has 0 aliphatic rings. The third-order valence-corrected chi connectivity index (χ3v) is 2.95. The molecule has 100 valence electrons. The number of rotatable bonds is 6. The zero-order valence-electron chi connectivity index (χ0n) is 11.9. The Kier molecular flexibility index (Phi) is 5.69. The van der Waals surface area contributed by atoms with Gasteiger partial charge >= 0.3 is 0 Å². The van der Waals surface area contributed by atoms with Crippen molar-refractivity contribution in [3.63, 3.8) is 0 Å². The molecule has 0 fully saturated rings. The quantitative estimate of drug-likeness (QED) is 0.835. The van der Waals surface area contributed by atoms with E-state index >= 15 is 0 Å². The van der Waals surface area contributed by atoms with Crippen molar-refractivity contribution in [1.82, 2.24) is 0 Å². The summed E-state index contributed by atoms with van der Waals surface area (Å²) in [6.45, 7) is 7.04. The van der Waals surface area contributed by atoms with E-state index in [0.29, 0.717) is 0 Å².